The summed E-state index contributed by atoms with van der Waals surface area (Å²) >= 11 is 0. The Hall–Kier alpha value is -4.01. The van der Waals surface area contributed by atoms with Crippen LogP contribution in [0, 0.1) is 5.92 Å². The molecule has 9 nitrogen and oxygen atoms in total. The molecule has 0 spiro atoms. The van der Waals surface area contributed by atoms with Crippen molar-refractivity contribution in [2.24, 2.45) is 5.92 Å². The number of nitrogens with two attached hydrogens (primary N) is 1. The van der Waals surface area contributed by atoms with Gasteiger partial charge in [-0.25, -0.2) is 9.59 Å². The second kappa shape index (κ2) is 8.78. The second-order valence-electron chi connectivity index (χ2n) is 7.38. The molecule has 3 rings (SSSR count). The molecule has 0 fully saturated rings. The number of anilines is 1. The van der Waals surface area contributed by atoms with Crippen molar-refractivity contribution in [1.29, 1.82) is 0 Å². The van der Waals surface area contributed by atoms with Crippen molar-refractivity contribution in [1.82, 2.24) is 10.6 Å². The number of esters is 1. The topological polar surface area (TPSA) is 145 Å². The van der Waals surface area contributed by atoms with Crippen LogP contribution in [0.15, 0.2) is 36.4 Å². The van der Waals surface area contributed by atoms with E-state index < -0.39 is 30.3 Å². The third-order valence-corrected chi connectivity index (χ3v) is 4.61. The molecule has 9 heteroatoms. The van der Waals surface area contributed by atoms with E-state index in [1.54, 1.807) is 18.2 Å². The quantitative estimate of drug-likeness (QED) is 0.418. The van der Waals surface area contributed by atoms with Gasteiger partial charge in [0.25, 0.3) is 5.91 Å². The molecule has 0 aromatic heterocycles. The number of fused-ring (bicyclic) bond motifs is 2. The van der Waals surface area contributed by atoms with E-state index >= 15 is 0 Å². The number of benzene rings is 2. The highest BCUT2D eigenvalue weighted by Crippen LogP contribution is 2.32. The standard InChI is InChI=1S/C22H21N3O6/c1-11(2)9-24-22(30)25-16(26)10-31-21(29)15-8-7-14-17(18(15)23)20(28)13-6-4-3-5-12(13)19(14)27/h3-8,11H,9-10,23H2,1-2H3,(H2,24,25,26,30). The summed E-state index contributed by atoms with van der Waals surface area (Å²) in [5, 5.41) is 4.53. The number of ether oxygens (including phenoxy) is 1. The van der Waals surface area contributed by atoms with Crippen molar-refractivity contribution in [2.75, 3.05) is 18.9 Å². The Bertz CT molecular complexity index is 1110. The smallest absolute Gasteiger partial charge is 0.340 e. The highest BCUT2D eigenvalue weighted by molar-refractivity contribution is 6.30. The van der Waals surface area contributed by atoms with E-state index in [0.717, 1.165) is 0 Å². The average molecular weight is 423 g/mol. The molecule has 2 aromatic rings. The fourth-order valence-electron chi connectivity index (χ4n) is 3.10. The minimum absolute atomic E-state index is 0.0735. The van der Waals surface area contributed by atoms with E-state index in [9.17, 15) is 24.0 Å². The molecule has 0 atom stereocenters. The van der Waals surface area contributed by atoms with Gasteiger partial charge in [0.1, 0.15) is 0 Å². The first-order valence-corrected chi connectivity index (χ1v) is 9.56. The van der Waals surface area contributed by atoms with E-state index in [1.165, 1.54) is 18.2 Å². The monoisotopic (exact) mass is 423 g/mol. The number of imide groups is 1. The maximum absolute atomic E-state index is 12.9. The van der Waals surface area contributed by atoms with Gasteiger partial charge in [0.05, 0.1) is 16.8 Å². The van der Waals surface area contributed by atoms with E-state index in [2.05, 4.69) is 5.32 Å². The molecule has 0 heterocycles. The molecule has 1 aliphatic rings. The Morgan fingerprint density at radius 3 is 2.26 bits per heavy atom. The van der Waals surface area contributed by atoms with Gasteiger partial charge in [-0.1, -0.05) is 38.1 Å². The van der Waals surface area contributed by atoms with Gasteiger partial charge in [-0.15, -0.1) is 0 Å². The van der Waals surface area contributed by atoms with Crippen molar-refractivity contribution < 1.29 is 28.7 Å². The van der Waals surface area contributed by atoms with E-state index in [1.807, 2.05) is 19.2 Å². The summed E-state index contributed by atoms with van der Waals surface area (Å²) in [6, 6.07) is 8.23. The van der Waals surface area contributed by atoms with Crippen molar-refractivity contribution in [3.05, 3.63) is 64.2 Å². The van der Waals surface area contributed by atoms with Crippen LogP contribution in [0.1, 0.15) is 56.0 Å². The van der Waals surface area contributed by atoms with Crippen LogP contribution in [0.5, 0.6) is 0 Å². The van der Waals surface area contributed by atoms with Gasteiger partial charge < -0.3 is 15.8 Å². The Kier molecular flexibility index (Phi) is 6.15. The SMILES string of the molecule is CC(C)CNC(=O)NC(=O)COC(=O)c1ccc2c(c1N)C(=O)c1ccccc1C2=O. The van der Waals surface area contributed by atoms with Crippen molar-refractivity contribution in [3.8, 4) is 0 Å². The lowest BCUT2D eigenvalue weighted by Crippen LogP contribution is -2.42. The van der Waals surface area contributed by atoms with Crippen LogP contribution in [0.2, 0.25) is 0 Å². The van der Waals surface area contributed by atoms with Crippen LogP contribution in [0.3, 0.4) is 0 Å². The zero-order valence-electron chi connectivity index (χ0n) is 17.0. The molecular formula is C22H21N3O6. The van der Waals surface area contributed by atoms with Gasteiger partial charge >= 0.3 is 12.0 Å². The van der Waals surface area contributed by atoms with E-state index in [4.69, 9.17) is 10.5 Å². The largest absolute Gasteiger partial charge is 0.452 e. The normalized spacial score (nSPS) is 12.1. The van der Waals surface area contributed by atoms with Crippen LogP contribution >= 0.6 is 0 Å². The van der Waals surface area contributed by atoms with Gasteiger partial charge in [0.15, 0.2) is 18.2 Å². The number of carbonyl (C=O) groups excluding carboxylic acids is 5. The lowest BCUT2D eigenvalue weighted by Gasteiger charge is -2.20. The van der Waals surface area contributed by atoms with Crippen LogP contribution < -0.4 is 16.4 Å². The first-order valence-electron chi connectivity index (χ1n) is 9.56. The molecule has 0 saturated heterocycles. The summed E-state index contributed by atoms with van der Waals surface area (Å²) < 4.78 is 4.91. The van der Waals surface area contributed by atoms with Crippen LogP contribution in [0.25, 0.3) is 0 Å². The predicted octanol–water partition coefficient (Wildman–Crippen LogP) is 1.68. The molecule has 0 saturated carbocycles. The van der Waals surface area contributed by atoms with Gasteiger partial charge in [-0.2, -0.15) is 0 Å². The fourth-order valence-corrected chi connectivity index (χ4v) is 3.10. The molecule has 0 unspecified atom stereocenters. The molecule has 160 valence electrons. The summed E-state index contributed by atoms with van der Waals surface area (Å²) in [7, 11) is 0. The highest BCUT2D eigenvalue weighted by atomic mass is 16.5. The summed E-state index contributed by atoms with van der Waals surface area (Å²) in [6.45, 7) is 3.44. The number of nitrogen functional groups attached to an aromatic ring is 1. The molecular weight excluding hydrogens is 402 g/mol. The zero-order valence-corrected chi connectivity index (χ0v) is 17.0. The van der Waals surface area contributed by atoms with Crippen LogP contribution in [-0.2, 0) is 9.53 Å². The highest BCUT2D eigenvalue weighted by Gasteiger charge is 2.33. The molecule has 2 aromatic carbocycles. The van der Waals surface area contributed by atoms with Crippen molar-refractivity contribution >= 4 is 35.2 Å². The van der Waals surface area contributed by atoms with Gasteiger partial charge in [-0.3, -0.25) is 19.7 Å². The number of nitrogens with one attached hydrogen (secondary N) is 2. The Morgan fingerprint density at radius 1 is 0.968 bits per heavy atom. The number of amides is 3. The Morgan fingerprint density at radius 2 is 1.61 bits per heavy atom. The molecule has 0 radical (unpaired) electrons. The Balaban J connectivity index is 1.72. The molecule has 0 aliphatic heterocycles. The minimum Gasteiger partial charge on any atom is -0.452 e. The number of ketones is 2. The van der Waals surface area contributed by atoms with Crippen molar-refractivity contribution in [3.63, 3.8) is 0 Å². The Labute approximate surface area is 177 Å². The summed E-state index contributed by atoms with van der Waals surface area (Å²) in [5.41, 5.74) is 6.16. The third kappa shape index (κ3) is 4.45. The van der Waals surface area contributed by atoms with Crippen molar-refractivity contribution in [2.45, 2.75) is 13.8 Å². The number of carbonyl (C=O) groups is 5. The maximum atomic E-state index is 12.9. The zero-order chi connectivity index (χ0) is 22.7. The molecule has 3 amide bonds. The van der Waals surface area contributed by atoms with E-state index in [0.29, 0.717) is 6.54 Å². The summed E-state index contributed by atoms with van der Waals surface area (Å²) in [5.74, 6) is -2.43. The minimum atomic E-state index is -0.961. The number of hydrogen-bond donors (Lipinski definition) is 3. The van der Waals surface area contributed by atoms with Gasteiger partial charge in [0.2, 0.25) is 0 Å². The predicted molar refractivity (Wildman–Crippen MR) is 111 cm³/mol. The van der Waals surface area contributed by atoms with Gasteiger partial charge in [0, 0.05) is 23.2 Å². The number of urea groups is 1. The lowest BCUT2D eigenvalue weighted by molar-refractivity contribution is -0.123. The fraction of sp³-hybridized carbons (Fsp3) is 0.227. The van der Waals surface area contributed by atoms with Gasteiger partial charge in [-0.05, 0) is 18.1 Å². The third-order valence-electron chi connectivity index (χ3n) is 4.61. The number of hydrogen-bond acceptors (Lipinski definition) is 7. The lowest BCUT2D eigenvalue weighted by atomic mass is 9.82. The molecule has 0 bridgehead atoms. The summed E-state index contributed by atoms with van der Waals surface area (Å²) in [4.78, 5) is 61.3. The van der Waals surface area contributed by atoms with E-state index in [-0.39, 0.29) is 45.2 Å². The first kappa shape index (κ1) is 21.7. The average Bonchev–Trinajstić information content (AvgIpc) is 2.74. The maximum Gasteiger partial charge on any atom is 0.340 e. The molecule has 4 N–H and O–H groups in total. The second-order valence-corrected chi connectivity index (χ2v) is 7.38. The molecule has 31 heavy (non-hydrogen) atoms. The van der Waals surface area contributed by atoms with Crippen LogP contribution in [-0.4, -0.2) is 42.6 Å². The molecule has 1 aliphatic carbocycles. The first-order chi connectivity index (χ1) is 14.7. The number of rotatable bonds is 5. The summed E-state index contributed by atoms with van der Waals surface area (Å²) in [6.07, 6.45) is 0. The van der Waals surface area contributed by atoms with Crippen LogP contribution in [0.4, 0.5) is 10.5 Å².